The van der Waals surface area contributed by atoms with Crippen molar-refractivity contribution in [1.29, 1.82) is 0 Å². The molecule has 0 fully saturated rings. The Kier molecular flexibility index (Phi) is 5.09. The van der Waals surface area contributed by atoms with Crippen molar-refractivity contribution >= 4 is 5.97 Å². The molecular weight excluding hydrogens is 242 g/mol. The average molecular weight is 265 g/mol. The molecule has 0 aliphatic rings. The van der Waals surface area contributed by atoms with Crippen LogP contribution < -0.4 is 5.73 Å². The van der Waals surface area contributed by atoms with Gasteiger partial charge in [-0.3, -0.25) is 0 Å². The molecule has 0 bridgehead atoms. The Bertz CT molecular complexity index is 411. The first-order chi connectivity index (χ1) is 8.79. The number of esters is 1. The number of nitrogens with two attached hydrogens (primary N) is 1. The van der Waals surface area contributed by atoms with Crippen LogP contribution in [-0.2, 0) is 19.8 Å². The lowest BCUT2D eigenvalue weighted by molar-refractivity contribution is -0.149. The van der Waals surface area contributed by atoms with E-state index in [1.165, 1.54) is 7.11 Å². The van der Waals surface area contributed by atoms with Crippen LogP contribution in [-0.4, -0.2) is 25.3 Å². The zero-order valence-electron chi connectivity index (χ0n) is 12.1. The van der Waals surface area contributed by atoms with Crippen LogP contribution in [0.25, 0.3) is 0 Å². The molecule has 4 nitrogen and oxygen atoms in total. The van der Waals surface area contributed by atoms with Crippen LogP contribution in [0.5, 0.6) is 0 Å². The molecule has 0 amide bonds. The molecule has 0 aliphatic carbocycles. The van der Waals surface area contributed by atoms with E-state index in [0.29, 0.717) is 13.0 Å². The highest BCUT2D eigenvalue weighted by Crippen LogP contribution is 2.24. The summed E-state index contributed by atoms with van der Waals surface area (Å²) in [6.45, 7) is 6.29. The first-order valence-electron chi connectivity index (χ1n) is 6.36. The van der Waals surface area contributed by atoms with E-state index in [1.54, 1.807) is 0 Å². The molecule has 0 saturated carbocycles. The molecule has 1 unspecified atom stereocenters. The second-order valence-corrected chi connectivity index (χ2v) is 5.54. The maximum absolute atomic E-state index is 12.0. The van der Waals surface area contributed by atoms with Crippen molar-refractivity contribution in [3.05, 3.63) is 35.9 Å². The van der Waals surface area contributed by atoms with Crippen LogP contribution in [0.3, 0.4) is 0 Å². The summed E-state index contributed by atoms with van der Waals surface area (Å²) < 4.78 is 10.5. The fourth-order valence-electron chi connectivity index (χ4n) is 1.80. The minimum atomic E-state index is -1.17. The first kappa shape index (κ1) is 15.7. The van der Waals surface area contributed by atoms with Gasteiger partial charge in [0.1, 0.15) is 5.54 Å². The van der Waals surface area contributed by atoms with Crippen molar-refractivity contribution in [2.24, 2.45) is 5.73 Å². The van der Waals surface area contributed by atoms with E-state index in [1.807, 2.05) is 51.1 Å². The molecule has 0 heterocycles. The summed E-state index contributed by atoms with van der Waals surface area (Å²) in [4.78, 5) is 12.0. The van der Waals surface area contributed by atoms with Gasteiger partial charge in [-0.2, -0.15) is 0 Å². The summed E-state index contributed by atoms with van der Waals surface area (Å²) in [7, 11) is 1.34. The van der Waals surface area contributed by atoms with Gasteiger partial charge in [-0.25, -0.2) is 4.79 Å². The molecule has 0 aliphatic heterocycles. The fourth-order valence-corrected chi connectivity index (χ4v) is 1.80. The van der Waals surface area contributed by atoms with Crippen molar-refractivity contribution in [2.75, 3.05) is 13.7 Å². The van der Waals surface area contributed by atoms with Gasteiger partial charge in [-0.1, -0.05) is 30.3 Å². The number of carbonyl (C=O) groups excluding carboxylic acids is 1. The van der Waals surface area contributed by atoms with E-state index in [-0.39, 0.29) is 5.60 Å². The van der Waals surface area contributed by atoms with Crippen molar-refractivity contribution < 1.29 is 14.3 Å². The third-order valence-corrected chi connectivity index (χ3v) is 2.87. The SMILES string of the molecule is COC(=O)C(N)(CCOC(C)(C)C)c1ccccc1. The molecule has 4 heteroatoms. The van der Waals surface area contributed by atoms with Gasteiger partial charge < -0.3 is 15.2 Å². The smallest absolute Gasteiger partial charge is 0.330 e. The van der Waals surface area contributed by atoms with Gasteiger partial charge in [0.2, 0.25) is 0 Å². The second kappa shape index (κ2) is 6.17. The van der Waals surface area contributed by atoms with Crippen LogP contribution in [0.2, 0.25) is 0 Å². The Labute approximate surface area is 114 Å². The average Bonchev–Trinajstić information content (AvgIpc) is 2.37. The van der Waals surface area contributed by atoms with Gasteiger partial charge in [0.15, 0.2) is 0 Å². The number of rotatable bonds is 5. The van der Waals surface area contributed by atoms with Crippen molar-refractivity contribution in [1.82, 2.24) is 0 Å². The number of hydrogen-bond donors (Lipinski definition) is 1. The molecule has 1 aromatic rings. The highest BCUT2D eigenvalue weighted by atomic mass is 16.5. The van der Waals surface area contributed by atoms with Gasteiger partial charge >= 0.3 is 5.97 Å². The Hall–Kier alpha value is -1.39. The van der Waals surface area contributed by atoms with E-state index in [9.17, 15) is 4.79 Å². The van der Waals surface area contributed by atoms with Crippen LogP contribution in [0.15, 0.2) is 30.3 Å². The van der Waals surface area contributed by atoms with E-state index < -0.39 is 11.5 Å². The lowest BCUT2D eigenvalue weighted by atomic mass is 9.88. The van der Waals surface area contributed by atoms with Crippen molar-refractivity contribution in [2.45, 2.75) is 38.3 Å². The number of benzene rings is 1. The normalized spacial score (nSPS) is 14.8. The third kappa shape index (κ3) is 4.33. The molecule has 19 heavy (non-hydrogen) atoms. The summed E-state index contributed by atoms with van der Waals surface area (Å²) in [6.07, 6.45) is 0.376. The van der Waals surface area contributed by atoms with Gasteiger partial charge in [-0.05, 0) is 26.3 Å². The molecule has 0 saturated heterocycles. The number of hydrogen-bond acceptors (Lipinski definition) is 4. The van der Waals surface area contributed by atoms with E-state index in [4.69, 9.17) is 15.2 Å². The molecule has 0 spiro atoms. The maximum Gasteiger partial charge on any atom is 0.330 e. The summed E-state index contributed by atoms with van der Waals surface area (Å²) >= 11 is 0. The van der Waals surface area contributed by atoms with Crippen molar-refractivity contribution in [3.63, 3.8) is 0 Å². The zero-order valence-corrected chi connectivity index (χ0v) is 12.1. The Morgan fingerprint density at radius 2 is 1.79 bits per heavy atom. The minimum Gasteiger partial charge on any atom is -0.467 e. The topological polar surface area (TPSA) is 61.5 Å². The maximum atomic E-state index is 12.0. The number of methoxy groups -OCH3 is 1. The predicted molar refractivity (Wildman–Crippen MR) is 74.6 cm³/mol. The third-order valence-electron chi connectivity index (χ3n) is 2.87. The van der Waals surface area contributed by atoms with Gasteiger partial charge in [0, 0.05) is 13.0 Å². The molecule has 1 rings (SSSR count). The molecule has 106 valence electrons. The van der Waals surface area contributed by atoms with Crippen LogP contribution in [0.4, 0.5) is 0 Å². The molecule has 1 atom stereocenters. The molecule has 0 aromatic heterocycles. The molecule has 0 radical (unpaired) electrons. The van der Waals surface area contributed by atoms with E-state index >= 15 is 0 Å². The fraction of sp³-hybridized carbons (Fsp3) is 0.533. The van der Waals surface area contributed by atoms with Crippen LogP contribution in [0.1, 0.15) is 32.8 Å². The quantitative estimate of drug-likeness (QED) is 0.829. The second-order valence-electron chi connectivity index (χ2n) is 5.54. The first-order valence-corrected chi connectivity index (χ1v) is 6.36. The Morgan fingerprint density at radius 3 is 2.26 bits per heavy atom. The standard InChI is InChI=1S/C15H23NO3/c1-14(2,3)19-11-10-15(16,13(17)18-4)12-8-6-5-7-9-12/h5-9H,10-11,16H2,1-4H3. The van der Waals surface area contributed by atoms with Gasteiger partial charge in [-0.15, -0.1) is 0 Å². The highest BCUT2D eigenvalue weighted by Gasteiger charge is 2.37. The summed E-state index contributed by atoms with van der Waals surface area (Å²) in [5.74, 6) is -0.448. The number of ether oxygens (including phenoxy) is 2. The predicted octanol–water partition coefficient (Wildman–Crippen LogP) is 2.22. The Morgan fingerprint density at radius 1 is 1.21 bits per heavy atom. The zero-order chi connectivity index (χ0) is 14.5. The lowest BCUT2D eigenvalue weighted by Gasteiger charge is -2.29. The molecule has 2 N–H and O–H groups in total. The minimum absolute atomic E-state index is 0.256. The largest absolute Gasteiger partial charge is 0.467 e. The molecular formula is C15H23NO3. The summed E-state index contributed by atoms with van der Waals surface area (Å²) in [6, 6.07) is 9.24. The monoisotopic (exact) mass is 265 g/mol. The summed E-state index contributed by atoms with van der Waals surface area (Å²) in [5.41, 5.74) is 5.56. The Balaban J connectivity index is 2.86. The van der Waals surface area contributed by atoms with Crippen LogP contribution >= 0.6 is 0 Å². The molecule has 1 aromatic carbocycles. The van der Waals surface area contributed by atoms with Gasteiger partial charge in [0.25, 0.3) is 0 Å². The highest BCUT2D eigenvalue weighted by molar-refractivity contribution is 5.82. The van der Waals surface area contributed by atoms with E-state index in [2.05, 4.69) is 0 Å². The summed E-state index contributed by atoms with van der Waals surface area (Å²) in [5, 5.41) is 0. The lowest BCUT2D eigenvalue weighted by Crippen LogP contribution is -2.47. The van der Waals surface area contributed by atoms with Gasteiger partial charge in [0.05, 0.1) is 12.7 Å². The van der Waals surface area contributed by atoms with Crippen LogP contribution in [0, 0.1) is 0 Å². The number of carbonyl (C=O) groups is 1. The van der Waals surface area contributed by atoms with E-state index in [0.717, 1.165) is 5.56 Å². The van der Waals surface area contributed by atoms with Crippen molar-refractivity contribution in [3.8, 4) is 0 Å².